The van der Waals surface area contributed by atoms with E-state index in [1.807, 2.05) is 0 Å². The summed E-state index contributed by atoms with van der Waals surface area (Å²) in [5.74, 6) is -2.07. The summed E-state index contributed by atoms with van der Waals surface area (Å²) in [7, 11) is 1.12. The molecular weight excluding hydrogens is 483 g/mol. The summed E-state index contributed by atoms with van der Waals surface area (Å²) in [4.78, 5) is 26.0. The van der Waals surface area contributed by atoms with Gasteiger partial charge in [0.25, 0.3) is 5.69 Å². The third-order valence-corrected chi connectivity index (χ3v) is 4.70. The van der Waals surface area contributed by atoms with Gasteiger partial charge in [-0.3, -0.25) is 10.1 Å². The number of hydrogen-bond acceptors (Lipinski definition) is 5. The first-order valence-corrected chi connectivity index (χ1v) is 9.74. The van der Waals surface area contributed by atoms with E-state index >= 15 is 0 Å². The number of rotatable bonds is 5. The van der Waals surface area contributed by atoms with Crippen molar-refractivity contribution in [3.63, 3.8) is 0 Å². The lowest BCUT2D eigenvalue weighted by molar-refractivity contribution is -0.384. The number of anilines is 1. The number of nitro groups is 1. The number of urea groups is 1. The van der Waals surface area contributed by atoms with Crippen LogP contribution >= 0.6 is 23.2 Å². The number of ether oxygens (including phenoxy) is 2. The zero-order valence-electron chi connectivity index (χ0n) is 16.6. The second-order valence-corrected chi connectivity index (χ2v) is 7.08. The van der Waals surface area contributed by atoms with E-state index in [2.05, 4.69) is 10.3 Å². The zero-order chi connectivity index (χ0) is 24.1. The Kier molecular flexibility index (Phi) is 7.41. The minimum atomic E-state index is -0.971. The number of benzene rings is 3. The molecule has 0 fully saturated rings. The van der Waals surface area contributed by atoms with Crippen molar-refractivity contribution in [2.45, 2.75) is 0 Å². The fourth-order valence-corrected chi connectivity index (χ4v) is 3.10. The first kappa shape index (κ1) is 23.9. The summed E-state index contributed by atoms with van der Waals surface area (Å²) in [6.45, 7) is 0. The molecule has 0 saturated carbocycles. The maximum absolute atomic E-state index is 13.9. The molecule has 0 aliphatic carbocycles. The maximum Gasteiger partial charge on any atom is 0.348 e. The van der Waals surface area contributed by atoms with Crippen LogP contribution in [0.25, 0.3) is 0 Å². The number of nitro benzene ring substituents is 1. The molecule has 0 saturated heterocycles. The van der Waals surface area contributed by atoms with Gasteiger partial charge in [-0.1, -0.05) is 29.3 Å². The molecule has 0 aliphatic heterocycles. The van der Waals surface area contributed by atoms with Crippen LogP contribution in [0.2, 0.25) is 10.0 Å². The van der Waals surface area contributed by atoms with E-state index in [0.717, 1.165) is 25.3 Å². The Morgan fingerprint density at radius 3 is 2.33 bits per heavy atom. The largest absolute Gasteiger partial charge is 0.480 e. The van der Waals surface area contributed by atoms with Gasteiger partial charge < -0.3 is 14.8 Å². The average molecular weight is 496 g/mol. The Morgan fingerprint density at radius 1 is 1.06 bits per heavy atom. The zero-order valence-corrected chi connectivity index (χ0v) is 18.2. The highest BCUT2D eigenvalue weighted by Gasteiger charge is 2.18. The smallest absolute Gasteiger partial charge is 0.348 e. The molecule has 0 radical (unpaired) electrons. The van der Waals surface area contributed by atoms with Crippen LogP contribution in [0.1, 0.15) is 5.56 Å². The van der Waals surface area contributed by atoms with Crippen molar-refractivity contribution >= 4 is 46.5 Å². The lowest BCUT2D eigenvalue weighted by Crippen LogP contribution is -2.15. The number of halogens is 4. The van der Waals surface area contributed by atoms with E-state index in [4.69, 9.17) is 32.7 Å². The monoisotopic (exact) mass is 495 g/mol. The van der Waals surface area contributed by atoms with Crippen molar-refractivity contribution in [1.29, 1.82) is 0 Å². The van der Waals surface area contributed by atoms with Gasteiger partial charge in [0.05, 0.1) is 17.1 Å². The topological polar surface area (TPSA) is 103 Å². The van der Waals surface area contributed by atoms with E-state index in [-0.39, 0.29) is 32.9 Å². The molecule has 1 N–H and O–H groups in total. The van der Waals surface area contributed by atoms with Gasteiger partial charge in [0.2, 0.25) is 5.90 Å². The number of hydrogen-bond donors (Lipinski definition) is 1. The molecule has 170 valence electrons. The number of methoxy groups -OCH3 is 1. The Bertz CT molecular complexity index is 1250. The van der Waals surface area contributed by atoms with Crippen molar-refractivity contribution in [1.82, 2.24) is 0 Å². The summed E-state index contributed by atoms with van der Waals surface area (Å²) < 4.78 is 38.3. The highest BCUT2D eigenvalue weighted by atomic mass is 35.5. The first-order chi connectivity index (χ1) is 15.7. The van der Waals surface area contributed by atoms with E-state index < -0.39 is 34.1 Å². The Hall–Kier alpha value is -3.76. The molecule has 3 aromatic rings. The Morgan fingerprint density at radius 2 is 1.76 bits per heavy atom. The standard InChI is InChI=1S/C21H13Cl2F2N3O5/c1-32-20(19-15(24)3-2-4-16(19)25)27-21(29)26-11-5-8-18(14(23)9-11)33-12-6-7-17(28(30)31)13(22)10-12/h2-10H,1H3,(H,26,29). The molecule has 12 heteroatoms. The highest BCUT2D eigenvalue weighted by molar-refractivity contribution is 6.33. The molecule has 0 atom stereocenters. The number of carbonyl (C=O) groups excluding carboxylic acids is 1. The number of amides is 2. The van der Waals surface area contributed by atoms with Crippen LogP contribution in [0.4, 0.5) is 25.0 Å². The molecule has 8 nitrogen and oxygen atoms in total. The minimum absolute atomic E-state index is 0.0818. The van der Waals surface area contributed by atoms with Crippen LogP contribution in [0, 0.1) is 21.7 Å². The highest BCUT2D eigenvalue weighted by Crippen LogP contribution is 2.35. The summed E-state index contributed by atoms with van der Waals surface area (Å²) in [6.07, 6.45) is 0. The fourth-order valence-electron chi connectivity index (χ4n) is 2.64. The van der Waals surface area contributed by atoms with Crippen molar-refractivity contribution in [2.75, 3.05) is 12.4 Å². The van der Waals surface area contributed by atoms with Crippen molar-refractivity contribution in [3.05, 3.63) is 92.0 Å². The average Bonchev–Trinajstić information content (AvgIpc) is 2.74. The third-order valence-electron chi connectivity index (χ3n) is 4.10. The summed E-state index contributed by atoms with van der Waals surface area (Å²) >= 11 is 12.0. The Balaban J connectivity index is 1.76. The van der Waals surface area contributed by atoms with Gasteiger partial charge in [0, 0.05) is 17.8 Å². The van der Waals surface area contributed by atoms with Gasteiger partial charge in [0.15, 0.2) is 0 Å². The second-order valence-electron chi connectivity index (χ2n) is 6.27. The first-order valence-electron chi connectivity index (χ1n) is 8.99. The number of carbonyl (C=O) groups is 1. The van der Waals surface area contributed by atoms with Crippen LogP contribution in [0.5, 0.6) is 11.5 Å². The van der Waals surface area contributed by atoms with Crippen LogP contribution < -0.4 is 10.1 Å². The lowest BCUT2D eigenvalue weighted by Gasteiger charge is -2.10. The van der Waals surface area contributed by atoms with E-state index in [9.17, 15) is 23.7 Å². The molecule has 2 amide bonds. The molecule has 0 heterocycles. The lowest BCUT2D eigenvalue weighted by atomic mass is 10.2. The molecule has 33 heavy (non-hydrogen) atoms. The third kappa shape index (κ3) is 5.73. The van der Waals surface area contributed by atoms with Gasteiger partial charge in [0.1, 0.15) is 33.7 Å². The van der Waals surface area contributed by atoms with Crippen LogP contribution in [0.15, 0.2) is 59.6 Å². The molecule has 0 bridgehead atoms. The molecular formula is C21H13Cl2F2N3O5. The molecule has 0 unspecified atom stereocenters. The van der Waals surface area contributed by atoms with Crippen molar-refractivity contribution < 1.29 is 28.0 Å². The quantitative estimate of drug-likeness (QED) is 0.186. The predicted octanol–water partition coefficient (Wildman–Crippen LogP) is 6.60. The van der Waals surface area contributed by atoms with Crippen molar-refractivity contribution in [2.24, 2.45) is 4.99 Å². The van der Waals surface area contributed by atoms with Gasteiger partial charge in [-0.05, 0) is 36.4 Å². The molecule has 0 aliphatic rings. The van der Waals surface area contributed by atoms with Crippen LogP contribution in [0.3, 0.4) is 0 Å². The van der Waals surface area contributed by atoms with Gasteiger partial charge in [-0.25, -0.2) is 13.6 Å². The summed E-state index contributed by atoms with van der Waals surface area (Å²) in [5, 5.41) is 13.2. The Labute approximate surface area is 195 Å². The molecule has 3 aromatic carbocycles. The van der Waals surface area contributed by atoms with Crippen LogP contribution in [-0.2, 0) is 4.74 Å². The van der Waals surface area contributed by atoms with Gasteiger partial charge in [-0.2, -0.15) is 4.99 Å². The minimum Gasteiger partial charge on any atom is -0.480 e. The molecule has 3 rings (SSSR count). The van der Waals surface area contributed by atoms with Crippen molar-refractivity contribution in [3.8, 4) is 11.5 Å². The van der Waals surface area contributed by atoms with Crippen LogP contribution in [-0.4, -0.2) is 24.0 Å². The van der Waals surface area contributed by atoms with E-state index in [1.54, 1.807) is 0 Å². The van der Waals surface area contributed by atoms with Gasteiger partial charge in [-0.15, -0.1) is 0 Å². The normalized spacial score (nSPS) is 11.1. The maximum atomic E-state index is 13.9. The summed E-state index contributed by atoms with van der Waals surface area (Å²) in [5.41, 5.74) is -0.662. The van der Waals surface area contributed by atoms with E-state index in [0.29, 0.717) is 0 Å². The molecule has 0 spiro atoms. The second kappa shape index (κ2) is 10.2. The predicted molar refractivity (Wildman–Crippen MR) is 119 cm³/mol. The van der Waals surface area contributed by atoms with E-state index in [1.165, 1.54) is 36.4 Å². The van der Waals surface area contributed by atoms with Gasteiger partial charge >= 0.3 is 6.03 Å². The SMILES string of the molecule is COC(=NC(=O)Nc1ccc(Oc2ccc([N+](=O)[O-])c(Cl)c2)c(Cl)c1)c1c(F)cccc1F. The number of nitrogens with zero attached hydrogens (tertiary/aromatic N) is 2. The summed E-state index contributed by atoms with van der Waals surface area (Å²) in [6, 6.07) is 10.2. The number of aliphatic imine (C=N–C) groups is 1. The molecule has 0 aromatic heterocycles. The number of nitrogens with one attached hydrogen (secondary N) is 1. The fraction of sp³-hybridized carbons (Fsp3) is 0.0476.